The number of hydrogen-bond acceptors (Lipinski definition) is 3. The summed E-state index contributed by atoms with van der Waals surface area (Å²) in [5.41, 5.74) is 0.999. The summed E-state index contributed by atoms with van der Waals surface area (Å²) in [7, 11) is 0. The largest absolute Gasteiger partial charge is 0.482 e. The van der Waals surface area contributed by atoms with Crippen LogP contribution in [0.5, 0.6) is 5.75 Å². The molecule has 0 spiro atoms. The van der Waals surface area contributed by atoms with E-state index >= 15 is 0 Å². The molecule has 0 atom stereocenters. The maximum atomic E-state index is 11.2. The Hall–Kier alpha value is -2.03. The quantitative estimate of drug-likeness (QED) is 0.535. The van der Waals surface area contributed by atoms with Crippen LogP contribution >= 0.6 is 0 Å². The molecule has 3 heteroatoms. The van der Waals surface area contributed by atoms with Crippen LogP contribution < -0.4 is 4.74 Å². The highest BCUT2D eigenvalue weighted by Crippen LogP contribution is 2.18. The predicted molar refractivity (Wildman–Crippen MR) is 67.0 cm³/mol. The summed E-state index contributed by atoms with van der Waals surface area (Å²) >= 11 is 0. The highest BCUT2D eigenvalue weighted by atomic mass is 16.6. The molecule has 0 fully saturated rings. The minimum atomic E-state index is -0.404. The SMILES string of the molecule is C=CCOC(=O)COc1ccccc1CC=C. The molecule has 1 rings (SSSR count). The van der Waals surface area contributed by atoms with E-state index in [1.54, 1.807) is 6.08 Å². The van der Waals surface area contributed by atoms with Crippen LogP contribution in [0.3, 0.4) is 0 Å². The van der Waals surface area contributed by atoms with Gasteiger partial charge in [-0.2, -0.15) is 0 Å². The lowest BCUT2D eigenvalue weighted by Crippen LogP contribution is -2.15. The second kappa shape index (κ2) is 7.28. The lowest BCUT2D eigenvalue weighted by Gasteiger charge is -2.09. The molecule has 0 aliphatic carbocycles. The van der Waals surface area contributed by atoms with Crippen molar-refractivity contribution >= 4 is 5.97 Å². The molecule has 1 aromatic rings. The maximum Gasteiger partial charge on any atom is 0.344 e. The van der Waals surface area contributed by atoms with Gasteiger partial charge in [0.15, 0.2) is 6.61 Å². The van der Waals surface area contributed by atoms with Crippen LogP contribution in [0, 0.1) is 0 Å². The van der Waals surface area contributed by atoms with E-state index in [0.717, 1.165) is 5.56 Å². The predicted octanol–water partition coefficient (Wildman–Crippen LogP) is 2.52. The molecule has 0 aliphatic heterocycles. The summed E-state index contributed by atoms with van der Waals surface area (Å²) in [5.74, 6) is 0.279. The van der Waals surface area contributed by atoms with E-state index in [2.05, 4.69) is 13.2 Å². The van der Waals surface area contributed by atoms with E-state index < -0.39 is 5.97 Å². The Morgan fingerprint density at radius 3 is 2.71 bits per heavy atom. The van der Waals surface area contributed by atoms with E-state index in [1.807, 2.05) is 24.3 Å². The van der Waals surface area contributed by atoms with Gasteiger partial charge in [0.05, 0.1) is 0 Å². The summed E-state index contributed by atoms with van der Waals surface area (Å²) < 4.78 is 10.2. The molecule has 0 N–H and O–H groups in total. The molecule has 1 aromatic carbocycles. The van der Waals surface area contributed by atoms with Crippen molar-refractivity contribution in [3.63, 3.8) is 0 Å². The third-order valence-electron chi connectivity index (χ3n) is 2.04. The molecule has 0 heterocycles. The van der Waals surface area contributed by atoms with Crippen LogP contribution in [0.25, 0.3) is 0 Å². The molecular formula is C14H16O3. The Labute approximate surface area is 101 Å². The zero-order chi connectivity index (χ0) is 12.5. The van der Waals surface area contributed by atoms with Crippen molar-refractivity contribution in [2.75, 3.05) is 13.2 Å². The zero-order valence-corrected chi connectivity index (χ0v) is 9.72. The Morgan fingerprint density at radius 2 is 2.00 bits per heavy atom. The maximum absolute atomic E-state index is 11.2. The first-order valence-corrected chi connectivity index (χ1v) is 5.36. The molecule has 90 valence electrons. The molecule has 0 bridgehead atoms. The van der Waals surface area contributed by atoms with Crippen molar-refractivity contribution in [1.82, 2.24) is 0 Å². The number of carbonyl (C=O) groups excluding carboxylic acids is 1. The summed E-state index contributed by atoms with van der Waals surface area (Å²) in [5, 5.41) is 0. The standard InChI is InChI=1S/C14H16O3/c1-3-7-12-8-5-6-9-13(12)17-11-14(15)16-10-4-2/h3-6,8-9H,1-2,7,10-11H2. The fourth-order valence-electron chi connectivity index (χ4n) is 1.30. The van der Waals surface area contributed by atoms with Crippen molar-refractivity contribution in [2.45, 2.75) is 6.42 Å². The summed E-state index contributed by atoms with van der Waals surface area (Å²) in [6.45, 7) is 7.24. The van der Waals surface area contributed by atoms with Gasteiger partial charge in [-0.15, -0.1) is 6.58 Å². The zero-order valence-electron chi connectivity index (χ0n) is 9.72. The first-order chi connectivity index (χ1) is 8.27. The van der Waals surface area contributed by atoms with Crippen molar-refractivity contribution in [3.05, 3.63) is 55.1 Å². The normalized spacial score (nSPS) is 9.41. The van der Waals surface area contributed by atoms with Gasteiger partial charge < -0.3 is 9.47 Å². The summed E-state index contributed by atoms with van der Waals surface area (Å²) in [6, 6.07) is 7.53. The second-order valence-electron chi connectivity index (χ2n) is 3.36. The molecule has 3 nitrogen and oxygen atoms in total. The number of hydrogen-bond donors (Lipinski definition) is 0. The minimum Gasteiger partial charge on any atom is -0.482 e. The molecule has 0 aromatic heterocycles. The Kier molecular flexibility index (Phi) is 5.58. The van der Waals surface area contributed by atoms with E-state index in [0.29, 0.717) is 12.2 Å². The van der Waals surface area contributed by atoms with Crippen molar-refractivity contribution in [2.24, 2.45) is 0 Å². The van der Waals surface area contributed by atoms with Crippen molar-refractivity contribution in [1.29, 1.82) is 0 Å². The average molecular weight is 232 g/mol. The number of allylic oxidation sites excluding steroid dienone is 1. The van der Waals surface area contributed by atoms with Gasteiger partial charge in [0, 0.05) is 0 Å². The monoisotopic (exact) mass is 232 g/mol. The number of benzene rings is 1. The number of ether oxygens (including phenoxy) is 2. The molecule has 0 saturated carbocycles. The topological polar surface area (TPSA) is 35.5 Å². The summed E-state index contributed by atoms with van der Waals surface area (Å²) in [6.07, 6.45) is 4.01. The van der Waals surface area contributed by atoms with Crippen LogP contribution in [-0.2, 0) is 16.0 Å². The number of esters is 1. The van der Waals surface area contributed by atoms with Gasteiger partial charge in [0.2, 0.25) is 0 Å². The molecule has 0 aliphatic rings. The van der Waals surface area contributed by atoms with Crippen LogP contribution in [-0.4, -0.2) is 19.2 Å². The van der Waals surface area contributed by atoms with Crippen molar-refractivity contribution < 1.29 is 14.3 Å². The van der Waals surface area contributed by atoms with Gasteiger partial charge in [-0.25, -0.2) is 4.79 Å². The lowest BCUT2D eigenvalue weighted by molar-refractivity contribution is -0.144. The second-order valence-corrected chi connectivity index (χ2v) is 3.36. The van der Waals surface area contributed by atoms with Crippen molar-refractivity contribution in [3.8, 4) is 5.75 Å². The molecule has 0 unspecified atom stereocenters. The third kappa shape index (κ3) is 4.55. The Morgan fingerprint density at radius 1 is 1.24 bits per heavy atom. The van der Waals surface area contributed by atoms with Gasteiger partial charge >= 0.3 is 5.97 Å². The fraction of sp³-hybridized carbons (Fsp3) is 0.214. The molecule has 0 saturated heterocycles. The van der Waals surface area contributed by atoms with Gasteiger partial charge in [-0.1, -0.05) is 36.9 Å². The van der Waals surface area contributed by atoms with Crippen LogP contribution in [0.2, 0.25) is 0 Å². The van der Waals surface area contributed by atoms with E-state index in [9.17, 15) is 4.79 Å². The highest BCUT2D eigenvalue weighted by molar-refractivity contribution is 5.71. The highest BCUT2D eigenvalue weighted by Gasteiger charge is 2.05. The van der Waals surface area contributed by atoms with Gasteiger partial charge in [-0.3, -0.25) is 0 Å². The Bertz CT molecular complexity index is 396. The molecular weight excluding hydrogens is 216 g/mol. The first-order valence-electron chi connectivity index (χ1n) is 5.36. The van der Waals surface area contributed by atoms with E-state index in [4.69, 9.17) is 9.47 Å². The third-order valence-corrected chi connectivity index (χ3v) is 2.04. The minimum absolute atomic E-state index is 0.0952. The lowest BCUT2D eigenvalue weighted by atomic mass is 10.1. The molecule has 17 heavy (non-hydrogen) atoms. The number of para-hydroxylation sites is 1. The smallest absolute Gasteiger partial charge is 0.344 e. The average Bonchev–Trinajstić information content (AvgIpc) is 2.35. The fourth-order valence-corrected chi connectivity index (χ4v) is 1.30. The van der Waals surface area contributed by atoms with Gasteiger partial charge in [0.1, 0.15) is 12.4 Å². The van der Waals surface area contributed by atoms with Crippen LogP contribution in [0.4, 0.5) is 0 Å². The molecule has 0 radical (unpaired) electrons. The van der Waals surface area contributed by atoms with Gasteiger partial charge in [-0.05, 0) is 18.1 Å². The van der Waals surface area contributed by atoms with E-state index in [1.165, 1.54) is 6.08 Å². The van der Waals surface area contributed by atoms with Crippen LogP contribution in [0.1, 0.15) is 5.56 Å². The number of carbonyl (C=O) groups is 1. The van der Waals surface area contributed by atoms with E-state index in [-0.39, 0.29) is 13.2 Å². The summed E-state index contributed by atoms with van der Waals surface area (Å²) in [4.78, 5) is 11.2. The molecule has 0 amide bonds. The Balaban J connectivity index is 2.53. The number of rotatable bonds is 7. The first kappa shape index (κ1) is 13.0. The van der Waals surface area contributed by atoms with Gasteiger partial charge in [0.25, 0.3) is 0 Å². The van der Waals surface area contributed by atoms with Crippen LogP contribution in [0.15, 0.2) is 49.6 Å².